The molecule has 0 unspecified atom stereocenters. The lowest BCUT2D eigenvalue weighted by Crippen LogP contribution is -2.29. The Kier molecular flexibility index (Phi) is 5.21. The molecule has 1 aromatic rings. The average molecular weight is 332 g/mol. The fourth-order valence-corrected chi connectivity index (χ4v) is 2.30. The lowest BCUT2D eigenvalue weighted by atomic mass is 10.2. The highest BCUT2D eigenvalue weighted by Crippen LogP contribution is 2.14. The number of alkyl carbamates (subject to hydrolysis) is 1. The maximum Gasteiger partial charge on any atom is 0.407 e. The van der Waals surface area contributed by atoms with Crippen LogP contribution in [-0.4, -0.2) is 41.5 Å². The predicted molar refractivity (Wildman–Crippen MR) is 72.9 cm³/mol. The van der Waals surface area contributed by atoms with Crippen LogP contribution in [0.3, 0.4) is 0 Å². The second kappa shape index (κ2) is 6.91. The van der Waals surface area contributed by atoms with Gasteiger partial charge in [0, 0.05) is 26.6 Å². The van der Waals surface area contributed by atoms with E-state index in [2.05, 4.69) is 26.2 Å². The summed E-state index contributed by atoms with van der Waals surface area (Å²) in [6.07, 6.45) is 4.07. The smallest absolute Gasteiger partial charge is 0.407 e. The molecule has 1 atom stereocenters. The number of amides is 1. The summed E-state index contributed by atoms with van der Waals surface area (Å²) in [7, 11) is 1.91. The largest absolute Gasteiger partial charge is 0.447 e. The molecule has 2 rings (SSSR count). The summed E-state index contributed by atoms with van der Waals surface area (Å²) < 4.78 is 13.3. The minimum atomic E-state index is -0.400. The first kappa shape index (κ1) is 14.3. The number of ether oxygens (including phenoxy) is 2. The Hall–Kier alpha value is -1.08. The van der Waals surface area contributed by atoms with E-state index in [0.717, 1.165) is 29.7 Å². The molecule has 7 heteroatoms. The SMILES string of the molecule is Cn1cnc(CCNC(=O)OC[C@H]2CCCO2)c1Br. The van der Waals surface area contributed by atoms with Crippen molar-refractivity contribution in [2.75, 3.05) is 19.8 Å². The van der Waals surface area contributed by atoms with Gasteiger partial charge in [-0.25, -0.2) is 9.78 Å². The Labute approximate surface area is 120 Å². The monoisotopic (exact) mass is 331 g/mol. The molecule has 1 saturated heterocycles. The molecule has 106 valence electrons. The van der Waals surface area contributed by atoms with E-state index < -0.39 is 6.09 Å². The van der Waals surface area contributed by atoms with Crippen molar-refractivity contribution in [3.05, 3.63) is 16.6 Å². The first-order chi connectivity index (χ1) is 9.16. The number of imidazole rings is 1. The summed E-state index contributed by atoms with van der Waals surface area (Å²) in [4.78, 5) is 15.7. The summed E-state index contributed by atoms with van der Waals surface area (Å²) in [5.74, 6) is 0. The second-order valence-electron chi connectivity index (χ2n) is 4.50. The Morgan fingerprint density at radius 1 is 1.74 bits per heavy atom. The number of halogens is 1. The molecular weight excluding hydrogens is 314 g/mol. The van der Waals surface area contributed by atoms with Gasteiger partial charge in [0.15, 0.2) is 0 Å². The van der Waals surface area contributed by atoms with Crippen molar-refractivity contribution in [2.24, 2.45) is 7.05 Å². The second-order valence-corrected chi connectivity index (χ2v) is 5.25. The normalized spacial score (nSPS) is 18.5. The molecule has 0 radical (unpaired) electrons. The lowest BCUT2D eigenvalue weighted by molar-refractivity contribution is 0.0439. The molecule has 1 aliphatic rings. The predicted octanol–water partition coefficient (Wildman–Crippen LogP) is 1.63. The van der Waals surface area contributed by atoms with E-state index in [1.54, 1.807) is 6.33 Å². The molecule has 0 bridgehead atoms. The quantitative estimate of drug-likeness (QED) is 0.890. The Morgan fingerprint density at radius 3 is 3.21 bits per heavy atom. The molecule has 0 saturated carbocycles. The van der Waals surface area contributed by atoms with Gasteiger partial charge in [-0.2, -0.15) is 0 Å². The van der Waals surface area contributed by atoms with Crippen molar-refractivity contribution < 1.29 is 14.3 Å². The first-order valence-corrected chi connectivity index (χ1v) is 7.14. The third-order valence-corrected chi connectivity index (χ3v) is 4.01. The Morgan fingerprint density at radius 2 is 2.58 bits per heavy atom. The van der Waals surface area contributed by atoms with Crippen LogP contribution in [0.5, 0.6) is 0 Å². The number of hydrogen-bond acceptors (Lipinski definition) is 4. The summed E-state index contributed by atoms with van der Waals surface area (Å²) in [6.45, 7) is 1.60. The van der Waals surface area contributed by atoms with Gasteiger partial charge < -0.3 is 19.4 Å². The van der Waals surface area contributed by atoms with Gasteiger partial charge in [0.2, 0.25) is 0 Å². The molecule has 0 aliphatic carbocycles. The molecule has 19 heavy (non-hydrogen) atoms. The van der Waals surface area contributed by atoms with Crippen molar-refractivity contribution in [1.29, 1.82) is 0 Å². The van der Waals surface area contributed by atoms with Crippen LogP contribution in [0.4, 0.5) is 4.79 Å². The minimum absolute atomic E-state index is 0.0654. The third kappa shape index (κ3) is 4.21. The molecule has 2 heterocycles. The maximum atomic E-state index is 11.5. The number of carbonyl (C=O) groups is 1. The van der Waals surface area contributed by atoms with Crippen LogP contribution >= 0.6 is 15.9 Å². The van der Waals surface area contributed by atoms with Crippen molar-refractivity contribution in [1.82, 2.24) is 14.9 Å². The van der Waals surface area contributed by atoms with E-state index in [9.17, 15) is 4.79 Å². The molecule has 1 aromatic heterocycles. The van der Waals surface area contributed by atoms with Crippen molar-refractivity contribution in [3.8, 4) is 0 Å². The summed E-state index contributed by atoms with van der Waals surface area (Å²) in [5.41, 5.74) is 0.918. The van der Waals surface area contributed by atoms with Gasteiger partial charge in [-0.3, -0.25) is 0 Å². The van der Waals surface area contributed by atoms with Gasteiger partial charge in [-0.05, 0) is 28.8 Å². The zero-order valence-electron chi connectivity index (χ0n) is 10.9. The standard InChI is InChI=1S/C12H18BrN3O3/c1-16-8-15-10(11(16)13)4-5-14-12(17)19-7-9-3-2-6-18-9/h8-9H,2-7H2,1H3,(H,14,17)/t9-/m1/s1. The molecule has 1 fully saturated rings. The highest BCUT2D eigenvalue weighted by atomic mass is 79.9. The van der Waals surface area contributed by atoms with Crippen LogP contribution in [-0.2, 0) is 22.9 Å². The zero-order chi connectivity index (χ0) is 13.7. The summed E-state index contributed by atoms with van der Waals surface area (Å²) in [5, 5.41) is 2.70. The van der Waals surface area contributed by atoms with Gasteiger partial charge in [-0.1, -0.05) is 0 Å². The van der Waals surface area contributed by atoms with Crippen molar-refractivity contribution in [2.45, 2.75) is 25.4 Å². The van der Waals surface area contributed by atoms with Crippen LogP contribution in [0.25, 0.3) is 0 Å². The van der Waals surface area contributed by atoms with Gasteiger partial charge in [0.1, 0.15) is 11.2 Å². The van der Waals surface area contributed by atoms with E-state index in [0.29, 0.717) is 19.6 Å². The third-order valence-electron chi connectivity index (χ3n) is 2.99. The summed E-state index contributed by atoms with van der Waals surface area (Å²) >= 11 is 3.43. The topological polar surface area (TPSA) is 65.4 Å². The van der Waals surface area contributed by atoms with E-state index >= 15 is 0 Å². The number of aromatic nitrogens is 2. The molecule has 0 aromatic carbocycles. The van der Waals surface area contributed by atoms with E-state index in [1.807, 2.05) is 11.6 Å². The molecule has 1 amide bonds. The van der Waals surface area contributed by atoms with Crippen molar-refractivity contribution in [3.63, 3.8) is 0 Å². The number of nitrogens with zero attached hydrogens (tertiary/aromatic N) is 2. The average Bonchev–Trinajstić information content (AvgIpc) is 3.01. The fourth-order valence-electron chi connectivity index (χ4n) is 1.91. The molecule has 6 nitrogen and oxygen atoms in total. The van der Waals surface area contributed by atoms with Gasteiger partial charge >= 0.3 is 6.09 Å². The fraction of sp³-hybridized carbons (Fsp3) is 0.667. The molecular formula is C12H18BrN3O3. The van der Waals surface area contributed by atoms with Gasteiger partial charge in [0.05, 0.1) is 18.1 Å². The molecule has 1 aliphatic heterocycles. The van der Waals surface area contributed by atoms with E-state index in [-0.39, 0.29) is 6.10 Å². The van der Waals surface area contributed by atoms with Crippen LogP contribution in [0.2, 0.25) is 0 Å². The van der Waals surface area contributed by atoms with Crippen LogP contribution < -0.4 is 5.32 Å². The zero-order valence-corrected chi connectivity index (χ0v) is 12.5. The first-order valence-electron chi connectivity index (χ1n) is 6.34. The number of aryl methyl sites for hydroxylation is 1. The minimum Gasteiger partial charge on any atom is -0.447 e. The van der Waals surface area contributed by atoms with Crippen molar-refractivity contribution >= 4 is 22.0 Å². The highest BCUT2D eigenvalue weighted by Gasteiger charge is 2.17. The van der Waals surface area contributed by atoms with Gasteiger partial charge in [0.25, 0.3) is 0 Å². The number of carbonyl (C=O) groups excluding carboxylic acids is 1. The van der Waals surface area contributed by atoms with Crippen LogP contribution in [0.1, 0.15) is 18.5 Å². The molecule has 0 spiro atoms. The number of rotatable bonds is 5. The Bertz CT molecular complexity index is 430. The Balaban J connectivity index is 1.62. The van der Waals surface area contributed by atoms with Crippen LogP contribution in [0, 0.1) is 0 Å². The number of hydrogen-bond donors (Lipinski definition) is 1. The summed E-state index contributed by atoms with van der Waals surface area (Å²) in [6, 6.07) is 0. The van der Waals surface area contributed by atoms with Crippen LogP contribution in [0.15, 0.2) is 10.9 Å². The van der Waals surface area contributed by atoms with Gasteiger partial charge in [-0.15, -0.1) is 0 Å². The molecule has 1 N–H and O–H groups in total. The highest BCUT2D eigenvalue weighted by molar-refractivity contribution is 9.10. The number of nitrogens with one attached hydrogen (secondary N) is 1. The van der Waals surface area contributed by atoms with E-state index in [1.165, 1.54) is 0 Å². The maximum absolute atomic E-state index is 11.5. The lowest BCUT2D eigenvalue weighted by Gasteiger charge is -2.10. The van der Waals surface area contributed by atoms with E-state index in [4.69, 9.17) is 9.47 Å².